The summed E-state index contributed by atoms with van der Waals surface area (Å²) in [6.07, 6.45) is -2.03. The highest BCUT2D eigenvalue weighted by Gasteiger charge is 2.58. The molecule has 11 heteroatoms. The Hall–Kier alpha value is -2.08. The van der Waals surface area contributed by atoms with Gasteiger partial charge in [0.1, 0.15) is 21.4 Å². The van der Waals surface area contributed by atoms with Gasteiger partial charge >= 0.3 is 6.18 Å². The number of nitriles is 1. The van der Waals surface area contributed by atoms with Crippen LogP contribution < -0.4 is 10.6 Å². The summed E-state index contributed by atoms with van der Waals surface area (Å²) in [6, 6.07) is 5.63. The average molecular weight is 532 g/mol. The third-order valence-electron chi connectivity index (χ3n) is 5.25. The molecule has 0 radical (unpaired) electrons. The Morgan fingerprint density at radius 3 is 2.31 bits per heavy atom. The second-order valence-electron chi connectivity index (χ2n) is 8.27. The van der Waals surface area contributed by atoms with Gasteiger partial charge in [-0.05, 0) is 43.4 Å². The number of hydrogen-bond acceptors (Lipinski definition) is 5. The van der Waals surface area contributed by atoms with Gasteiger partial charge in [-0.3, -0.25) is 10.1 Å². The molecule has 3 rings (SSSR count). The summed E-state index contributed by atoms with van der Waals surface area (Å²) in [4.78, 5) is 13.1. The minimum Gasteiger partial charge on any atom is -0.327 e. The van der Waals surface area contributed by atoms with Crippen molar-refractivity contribution in [1.29, 1.82) is 5.26 Å². The molecular weight excluding hydrogens is 511 g/mol. The Kier molecular flexibility index (Phi) is 6.67. The Balaban J connectivity index is 2.03. The number of carbonyl (C=O) groups excluding carboxylic acids is 1. The zero-order valence-electron chi connectivity index (χ0n) is 17.1. The molecule has 32 heavy (non-hydrogen) atoms. The summed E-state index contributed by atoms with van der Waals surface area (Å²) in [6.45, 7) is 0. The fourth-order valence-corrected chi connectivity index (χ4v) is 4.23. The summed E-state index contributed by atoms with van der Waals surface area (Å²) < 4.78 is 67.8. The SMILES string of the molecule is CS(=O)(=O)C[C@H](NC1(C#N)CC1)C(=O)N[C@@](C#CC1CC1)(c1ccc(Br)cc1)C(F)(F)F. The van der Waals surface area contributed by atoms with E-state index in [4.69, 9.17) is 0 Å². The van der Waals surface area contributed by atoms with Crippen LogP contribution in [0.3, 0.4) is 0 Å². The summed E-state index contributed by atoms with van der Waals surface area (Å²) in [5.41, 5.74) is -4.45. The van der Waals surface area contributed by atoms with Gasteiger partial charge in [0.2, 0.25) is 11.4 Å². The van der Waals surface area contributed by atoms with E-state index in [9.17, 15) is 31.6 Å². The molecule has 6 nitrogen and oxygen atoms in total. The number of nitrogens with zero attached hydrogens (tertiary/aromatic N) is 1. The molecule has 1 amide bonds. The van der Waals surface area contributed by atoms with Gasteiger partial charge in [-0.2, -0.15) is 18.4 Å². The standard InChI is InChI=1S/C21H21BrF3N3O3S/c1-32(30,31)12-17(27-19(13-26)10-11-19)18(29)28-20(21(23,24)25,9-8-14-2-3-14)15-4-6-16(22)7-5-15/h4-7,14,17,27H,2-3,10-12H2,1H3,(H,28,29)/t17-,20-/m0/s1. The van der Waals surface area contributed by atoms with Crippen molar-refractivity contribution in [3.8, 4) is 17.9 Å². The third-order valence-corrected chi connectivity index (χ3v) is 6.72. The van der Waals surface area contributed by atoms with Crippen molar-refractivity contribution in [2.75, 3.05) is 12.0 Å². The quantitative estimate of drug-likeness (QED) is 0.527. The van der Waals surface area contributed by atoms with Crippen LogP contribution in [-0.4, -0.2) is 44.1 Å². The number of alkyl halides is 3. The van der Waals surface area contributed by atoms with Crippen molar-refractivity contribution in [2.45, 2.75) is 49.0 Å². The summed E-state index contributed by atoms with van der Waals surface area (Å²) in [5, 5.41) is 13.9. The highest BCUT2D eigenvalue weighted by atomic mass is 79.9. The maximum absolute atomic E-state index is 14.5. The highest BCUT2D eigenvalue weighted by Crippen LogP contribution is 2.40. The second-order valence-corrected chi connectivity index (χ2v) is 11.4. The van der Waals surface area contributed by atoms with E-state index in [-0.39, 0.29) is 11.5 Å². The maximum Gasteiger partial charge on any atom is 0.427 e. The minimum absolute atomic E-state index is 0.178. The van der Waals surface area contributed by atoms with Gasteiger partial charge in [-0.1, -0.05) is 39.9 Å². The van der Waals surface area contributed by atoms with Gasteiger partial charge in [-0.15, -0.1) is 0 Å². The van der Waals surface area contributed by atoms with Crippen LogP contribution in [0.5, 0.6) is 0 Å². The van der Waals surface area contributed by atoms with E-state index in [1.807, 2.05) is 11.4 Å². The number of rotatable bonds is 7. The molecule has 0 spiro atoms. The Morgan fingerprint density at radius 2 is 1.88 bits per heavy atom. The number of nitrogens with one attached hydrogen (secondary N) is 2. The van der Waals surface area contributed by atoms with Crippen LogP contribution in [0.25, 0.3) is 0 Å². The molecule has 2 saturated carbocycles. The molecule has 172 valence electrons. The number of halogens is 4. The Labute approximate surface area is 193 Å². The first-order valence-electron chi connectivity index (χ1n) is 9.83. The molecule has 2 fully saturated rings. The fraction of sp³-hybridized carbons (Fsp3) is 0.524. The van der Waals surface area contributed by atoms with Gasteiger partial charge in [0.05, 0.1) is 11.8 Å². The first-order chi connectivity index (χ1) is 14.8. The van der Waals surface area contributed by atoms with Crippen molar-refractivity contribution >= 4 is 31.7 Å². The van der Waals surface area contributed by atoms with Crippen molar-refractivity contribution in [2.24, 2.45) is 5.92 Å². The minimum atomic E-state index is -5.00. The Morgan fingerprint density at radius 1 is 1.28 bits per heavy atom. The lowest BCUT2D eigenvalue weighted by atomic mass is 9.88. The lowest BCUT2D eigenvalue weighted by Gasteiger charge is -2.34. The van der Waals surface area contributed by atoms with E-state index >= 15 is 0 Å². The topological polar surface area (TPSA) is 99.1 Å². The van der Waals surface area contributed by atoms with E-state index in [1.54, 1.807) is 0 Å². The predicted octanol–water partition coefficient (Wildman–Crippen LogP) is 2.80. The maximum atomic E-state index is 14.5. The molecule has 0 unspecified atom stereocenters. The van der Waals surface area contributed by atoms with Gasteiger partial charge in [0.25, 0.3) is 0 Å². The van der Waals surface area contributed by atoms with Gasteiger partial charge in [-0.25, -0.2) is 8.42 Å². The zero-order valence-corrected chi connectivity index (χ0v) is 19.5. The van der Waals surface area contributed by atoms with Gasteiger partial charge in [0, 0.05) is 16.6 Å². The smallest absolute Gasteiger partial charge is 0.327 e. The molecular formula is C21H21BrF3N3O3S. The van der Waals surface area contributed by atoms with Crippen LogP contribution in [0.1, 0.15) is 31.2 Å². The number of sulfone groups is 1. The molecule has 2 N–H and O–H groups in total. The van der Waals surface area contributed by atoms with Gasteiger partial charge < -0.3 is 5.32 Å². The van der Waals surface area contributed by atoms with Crippen molar-refractivity contribution in [3.63, 3.8) is 0 Å². The van der Waals surface area contributed by atoms with Crippen LogP contribution in [0, 0.1) is 29.1 Å². The fourth-order valence-electron chi connectivity index (χ4n) is 3.12. The lowest BCUT2D eigenvalue weighted by Crippen LogP contribution is -2.61. The zero-order chi connectivity index (χ0) is 23.8. The summed E-state index contributed by atoms with van der Waals surface area (Å²) in [7, 11) is -3.75. The normalized spacial score (nSPS) is 20.1. The van der Waals surface area contributed by atoms with E-state index in [0.29, 0.717) is 30.2 Å². The monoisotopic (exact) mass is 531 g/mol. The summed E-state index contributed by atoms with van der Waals surface area (Å²) >= 11 is 3.18. The number of carbonyl (C=O) groups is 1. The molecule has 0 heterocycles. The number of benzene rings is 1. The van der Waals surface area contributed by atoms with Crippen molar-refractivity contribution < 1.29 is 26.4 Å². The number of amides is 1. The van der Waals surface area contributed by atoms with Crippen LogP contribution in [0.4, 0.5) is 13.2 Å². The van der Waals surface area contributed by atoms with Crippen molar-refractivity contribution in [1.82, 2.24) is 10.6 Å². The molecule has 0 saturated heterocycles. The molecule has 2 aliphatic rings. The van der Waals surface area contributed by atoms with Crippen molar-refractivity contribution in [3.05, 3.63) is 34.3 Å². The predicted molar refractivity (Wildman–Crippen MR) is 115 cm³/mol. The van der Waals surface area contributed by atoms with Crippen LogP contribution in [0.2, 0.25) is 0 Å². The first kappa shape index (κ1) is 24.6. The first-order valence-corrected chi connectivity index (χ1v) is 12.7. The second kappa shape index (κ2) is 8.69. The molecule has 1 aromatic rings. The molecule has 1 aromatic carbocycles. The number of hydrogen-bond donors (Lipinski definition) is 2. The van der Waals surface area contributed by atoms with Crippen LogP contribution >= 0.6 is 15.9 Å². The average Bonchev–Trinajstić information content (AvgIpc) is 3.59. The van der Waals surface area contributed by atoms with E-state index in [2.05, 4.69) is 33.1 Å². The third kappa shape index (κ3) is 5.83. The van der Waals surface area contributed by atoms with Crippen LogP contribution in [0.15, 0.2) is 28.7 Å². The lowest BCUT2D eigenvalue weighted by molar-refractivity contribution is -0.185. The van der Waals surface area contributed by atoms with Gasteiger partial charge in [0.15, 0.2) is 0 Å². The summed E-state index contributed by atoms with van der Waals surface area (Å²) in [5.74, 6) is 2.71. The molecule has 0 aromatic heterocycles. The Bertz CT molecular complexity index is 1100. The largest absolute Gasteiger partial charge is 0.427 e. The van der Waals surface area contributed by atoms with E-state index < -0.39 is 44.8 Å². The highest BCUT2D eigenvalue weighted by molar-refractivity contribution is 9.10. The molecule has 0 aliphatic heterocycles. The van der Waals surface area contributed by atoms with E-state index in [0.717, 1.165) is 6.26 Å². The van der Waals surface area contributed by atoms with E-state index in [1.165, 1.54) is 24.3 Å². The molecule has 2 atom stereocenters. The molecule has 0 bridgehead atoms. The molecule has 2 aliphatic carbocycles. The van der Waals surface area contributed by atoms with Crippen LogP contribution in [-0.2, 0) is 20.2 Å².